The van der Waals surface area contributed by atoms with Crippen molar-refractivity contribution in [2.24, 2.45) is 11.8 Å². The highest BCUT2D eigenvalue weighted by atomic mass is 79.9. The van der Waals surface area contributed by atoms with Crippen LogP contribution in [-0.2, 0) is 6.42 Å². The highest BCUT2D eigenvalue weighted by molar-refractivity contribution is 9.10. The molecule has 0 saturated carbocycles. The summed E-state index contributed by atoms with van der Waals surface area (Å²) in [6, 6.07) is 2.05. The van der Waals surface area contributed by atoms with Crippen molar-refractivity contribution in [3.05, 3.63) is 16.5 Å². The molecular weight excluding hydrogens is 290 g/mol. The van der Waals surface area contributed by atoms with Gasteiger partial charge in [-0.1, -0.05) is 20.8 Å². The van der Waals surface area contributed by atoms with Crippen LogP contribution in [0.4, 0.5) is 5.82 Å². The number of halogens is 1. The van der Waals surface area contributed by atoms with E-state index in [2.05, 4.69) is 46.6 Å². The summed E-state index contributed by atoms with van der Waals surface area (Å²) in [5.41, 5.74) is 0. The molecule has 1 fully saturated rings. The second-order valence-electron chi connectivity index (χ2n) is 5.57. The molecule has 3 nitrogen and oxygen atoms in total. The van der Waals surface area contributed by atoms with Gasteiger partial charge < -0.3 is 4.90 Å². The van der Waals surface area contributed by atoms with E-state index in [0.717, 1.165) is 54.0 Å². The molecule has 100 valence electrons. The van der Waals surface area contributed by atoms with Crippen molar-refractivity contribution in [3.63, 3.8) is 0 Å². The van der Waals surface area contributed by atoms with Gasteiger partial charge in [-0.2, -0.15) is 0 Å². The summed E-state index contributed by atoms with van der Waals surface area (Å²) < 4.78 is 0.904. The molecule has 18 heavy (non-hydrogen) atoms. The Morgan fingerprint density at radius 2 is 1.94 bits per heavy atom. The molecule has 0 radical (unpaired) electrons. The van der Waals surface area contributed by atoms with Crippen molar-refractivity contribution in [1.82, 2.24) is 9.97 Å². The maximum Gasteiger partial charge on any atom is 0.133 e. The number of aryl methyl sites for hydroxylation is 1. The summed E-state index contributed by atoms with van der Waals surface area (Å²) in [6.07, 6.45) is 3.36. The second-order valence-corrected chi connectivity index (χ2v) is 6.38. The molecule has 0 N–H and O–H groups in total. The van der Waals surface area contributed by atoms with Crippen LogP contribution >= 0.6 is 15.9 Å². The van der Waals surface area contributed by atoms with E-state index in [4.69, 9.17) is 4.98 Å². The second kappa shape index (κ2) is 6.00. The van der Waals surface area contributed by atoms with Crippen molar-refractivity contribution in [2.75, 3.05) is 18.0 Å². The van der Waals surface area contributed by atoms with E-state index in [9.17, 15) is 0 Å². The highest BCUT2D eigenvalue weighted by Gasteiger charge is 2.23. The fourth-order valence-electron chi connectivity index (χ4n) is 2.80. The SMILES string of the molecule is CCCc1nc(Br)cc(N2CC(C)CC(C)C2)n1. The topological polar surface area (TPSA) is 29.0 Å². The van der Waals surface area contributed by atoms with Gasteiger partial charge in [-0.15, -0.1) is 0 Å². The van der Waals surface area contributed by atoms with Crippen molar-refractivity contribution in [1.29, 1.82) is 0 Å². The summed E-state index contributed by atoms with van der Waals surface area (Å²) in [6.45, 7) is 9.03. The summed E-state index contributed by atoms with van der Waals surface area (Å²) >= 11 is 3.50. The van der Waals surface area contributed by atoms with Gasteiger partial charge in [0.25, 0.3) is 0 Å². The van der Waals surface area contributed by atoms with Gasteiger partial charge in [-0.05, 0) is 40.6 Å². The number of hydrogen-bond acceptors (Lipinski definition) is 3. The molecule has 0 aromatic carbocycles. The Morgan fingerprint density at radius 3 is 2.56 bits per heavy atom. The van der Waals surface area contributed by atoms with Crippen molar-refractivity contribution in [2.45, 2.75) is 40.0 Å². The molecule has 0 spiro atoms. The molecule has 1 aliphatic rings. The Labute approximate surface area is 118 Å². The van der Waals surface area contributed by atoms with E-state index in [0.29, 0.717) is 0 Å². The molecule has 0 amide bonds. The molecule has 0 bridgehead atoms. The van der Waals surface area contributed by atoms with Crippen LogP contribution in [0, 0.1) is 11.8 Å². The number of piperidine rings is 1. The quantitative estimate of drug-likeness (QED) is 0.797. The number of nitrogens with zero attached hydrogens (tertiary/aromatic N) is 3. The number of rotatable bonds is 3. The van der Waals surface area contributed by atoms with Crippen molar-refractivity contribution >= 4 is 21.7 Å². The molecule has 1 saturated heterocycles. The van der Waals surface area contributed by atoms with Crippen LogP contribution in [0.2, 0.25) is 0 Å². The van der Waals surface area contributed by atoms with E-state index in [1.807, 2.05) is 6.07 Å². The van der Waals surface area contributed by atoms with Gasteiger partial charge >= 0.3 is 0 Å². The van der Waals surface area contributed by atoms with Gasteiger partial charge in [0, 0.05) is 25.6 Å². The van der Waals surface area contributed by atoms with E-state index >= 15 is 0 Å². The summed E-state index contributed by atoms with van der Waals surface area (Å²) in [5.74, 6) is 3.53. The van der Waals surface area contributed by atoms with Crippen LogP contribution in [-0.4, -0.2) is 23.1 Å². The minimum absolute atomic E-state index is 0.747. The smallest absolute Gasteiger partial charge is 0.133 e. The summed E-state index contributed by atoms with van der Waals surface area (Å²) in [4.78, 5) is 11.5. The van der Waals surface area contributed by atoms with Crippen LogP contribution in [0.5, 0.6) is 0 Å². The summed E-state index contributed by atoms with van der Waals surface area (Å²) in [5, 5.41) is 0. The number of anilines is 1. The molecule has 0 aliphatic carbocycles. The van der Waals surface area contributed by atoms with Gasteiger partial charge in [0.2, 0.25) is 0 Å². The Balaban J connectivity index is 2.21. The predicted octanol–water partition coefficient (Wildman–Crippen LogP) is 3.67. The lowest BCUT2D eigenvalue weighted by atomic mass is 9.92. The molecule has 1 aromatic rings. The first-order valence-corrected chi connectivity index (χ1v) is 7.66. The zero-order valence-corrected chi connectivity index (χ0v) is 13.1. The zero-order valence-electron chi connectivity index (χ0n) is 11.5. The molecule has 2 atom stereocenters. The lowest BCUT2D eigenvalue weighted by molar-refractivity contribution is 0.355. The van der Waals surface area contributed by atoms with E-state index in [1.165, 1.54) is 6.42 Å². The lowest BCUT2D eigenvalue weighted by Gasteiger charge is -2.35. The highest BCUT2D eigenvalue weighted by Crippen LogP contribution is 2.26. The largest absolute Gasteiger partial charge is 0.356 e. The first-order valence-electron chi connectivity index (χ1n) is 6.87. The van der Waals surface area contributed by atoms with Crippen molar-refractivity contribution < 1.29 is 0 Å². The minimum atomic E-state index is 0.747. The first kappa shape index (κ1) is 13.8. The van der Waals surface area contributed by atoms with Crippen LogP contribution in [0.15, 0.2) is 10.7 Å². The monoisotopic (exact) mass is 311 g/mol. The molecular formula is C14H22BrN3. The average molecular weight is 312 g/mol. The average Bonchev–Trinajstić information content (AvgIpc) is 2.27. The molecule has 1 aromatic heterocycles. The first-order chi connectivity index (χ1) is 8.58. The summed E-state index contributed by atoms with van der Waals surface area (Å²) in [7, 11) is 0. The van der Waals surface area contributed by atoms with Gasteiger partial charge in [0.1, 0.15) is 16.2 Å². The van der Waals surface area contributed by atoms with E-state index in [1.54, 1.807) is 0 Å². The zero-order chi connectivity index (χ0) is 13.1. The van der Waals surface area contributed by atoms with Crippen LogP contribution in [0.3, 0.4) is 0 Å². The third kappa shape index (κ3) is 3.44. The lowest BCUT2D eigenvalue weighted by Crippen LogP contribution is -2.39. The number of hydrogen-bond donors (Lipinski definition) is 0. The fourth-order valence-corrected chi connectivity index (χ4v) is 3.21. The molecule has 2 heterocycles. The Kier molecular flexibility index (Phi) is 4.60. The Morgan fingerprint density at radius 1 is 1.28 bits per heavy atom. The van der Waals surface area contributed by atoms with Gasteiger partial charge in [-0.3, -0.25) is 0 Å². The van der Waals surface area contributed by atoms with Crippen LogP contribution in [0.1, 0.15) is 39.4 Å². The van der Waals surface area contributed by atoms with Gasteiger partial charge in [0.05, 0.1) is 0 Å². The Bertz CT molecular complexity index is 398. The van der Waals surface area contributed by atoms with Gasteiger partial charge in [0.15, 0.2) is 0 Å². The number of aromatic nitrogens is 2. The molecule has 4 heteroatoms. The van der Waals surface area contributed by atoms with Crippen LogP contribution < -0.4 is 4.90 Å². The Hall–Kier alpha value is -0.640. The fraction of sp³-hybridized carbons (Fsp3) is 0.714. The maximum absolute atomic E-state index is 4.70. The molecule has 2 unspecified atom stereocenters. The minimum Gasteiger partial charge on any atom is -0.356 e. The molecule has 2 rings (SSSR count). The normalized spacial score (nSPS) is 24.3. The maximum atomic E-state index is 4.70. The third-order valence-corrected chi connectivity index (χ3v) is 3.80. The van der Waals surface area contributed by atoms with E-state index < -0.39 is 0 Å². The molecule has 1 aliphatic heterocycles. The van der Waals surface area contributed by atoms with Crippen LogP contribution in [0.25, 0.3) is 0 Å². The predicted molar refractivity (Wildman–Crippen MR) is 78.9 cm³/mol. The standard InChI is InChI=1S/C14H22BrN3/c1-4-5-13-16-12(15)7-14(17-13)18-8-10(2)6-11(3)9-18/h7,10-11H,4-6,8-9H2,1-3H3. The van der Waals surface area contributed by atoms with E-state index in [-0.39, 0.29) is 0 Å². The third-order valence-electron chi connectivity index (χ3n) is 3.39. The van der Waals surface area contributed by atoms with Gasteiger partial charge in [-0.25, -0.2) is 9.97 Å². The van der Waals surface area contributed by atoms with Crippen molar-refractivity contribution in [3.8, 4) is 0 Å².